The van der Waals surface area contributed by atoms with Crippen LogP contribution in [-0.2, 0) is 6.42 Å². The molecule has 0 aliphatic rings. The number of fused-ring (bicyclic) bond motifs is 1. The topological polar surface area (TPSA) is 51.4 Å². The van der Waals surface area contributed by atoms with Crippen LogP contribution in [0, 0.1) is 0 Å². The minimum atomic E-state index is 0.576. The standard InChI is InChI=1S/C15H20ClN3O/c1-19(2)15-10(5-4-6-17)7-11-8-14(20-3)12(16)9-13(11)18-15/h7-9H,4-6,17H2,1-3H3. The Kier molecular flexibility index (Phi) is 4.68. The lowest BCUT2D eigenvalue weighted by Gasteiger charge is -2.17. The van der Waals surface area contributed by atoms with Gasteiger partial charge in [-0.3, -0.25) is 0 Å². The molecule has 0 spiro atoms. The predicted octanol–water partition coefficient (Wildman–Crippen LogP) is 2.85. The lowest BCUT2D eigenvalue weighted by molar-refractivity contribution is 0.415. The van der Waals surface area contributed by atoms with E-state index in [9.17, 15) is 0 Å². The number of aromatic nitrogens is 1. The molecule has 0 amide bonds. The van der Waals surface area contributed by atoms with Crippen molar-refractivity contribution >= 4 is 28.3 Å². The van der Waals surface area contributed by atoms with Crippen molar-refractivity contribution in [2.75, 3.05) is 32.6 Å². The molecule has 0 bridgehead atoms. The quantitative estimate of drug-likeness (QED) is 0.921. The molecule has 1 heterocycles. The van der Waals surface area contributed by atoms with Crippen molar-refractivity contribution in [3.63, 3.8) is 0 Å². The molecule has 108 valence electrons. The minimum Gasteiger partial charge on any atom is -0.495 e. The Morgan fingerprint density at radius 1 is 1.30 bits per heavy atom. The summed E-state index contributed by atoms with van der Waals surface area (Å²) in [4.78, 5) is 6.73. The number of aryl methyl sites for hydroxylation is 1. The van der Waals surface area contributed by atoms with Crippen molar-refractivity contribution in [3.05, 3.63) is 28.8 Å². The molecule has 0 aliphatic carbocycles. The number of hydrogen-bond donors (Lipinski definition) is 1. The van der Waals surface area contributed by atoms with Crippen LogP contribution in [0.4, 0.5) is 5.82 Å². The first-order valence-electron chi connectivity index (χ1n) is 6.61. The molecule has 0 atom stereocenters. The second-order valence-electron chi connectivity index (χ2n) is 4.94. The summed E-state index contributed by atoms with van der Waals surface area (Å²) in [6, 6.07) is 5.91. The third-order valence-electron chi connectivity index (χ3n) is 3.22. The summed E-state index contributed by atoms with van der Waals surface area (Å²) >= 11 is 6.16. The molecule has 20 heavy (non-hydrogen) atoms. The van der Waals surface area contributed by atoms with Crippen LogP contribution < -0.4 is 15.4 Å². The van der Waals surface area contributed by atoms with E-state index >= 15 is 0 Å². The van der Waals surface area contributed by atoms with Gasteiger partial charge >= 0.3 is 0 Å². The van der Waals surface area contributed by atoms with E-state index in [0.29, 0.717) is 17.3 Å². The van der Waals surface area contributed by atoms with Crippen molar-refractivity contribution in [2.24, 2.45) is 5.73 Å². The summed E-state index contributed by atoms with van der Waals surface area (Å²) in [6.07, 6.45) is 1.86. The zero-order valence-corrected chi connectivity index (χ0v) is 12.9. The SMILES string of the molecule is COc1cc2cc(CCCN)c(N(C)C)nc2cc1Cl. The number of methoxy groups -OCH3 is 1. The highest BCUT2D eigenvalue weighted by Crippen LogP contribution is 2.31. The van der Waals surface area contributed by atoms with Crippen LogP contribution in [0.5, 0.6) is 5.75 Å². The van der Waals surface area contributed by atoms with Gasteiger partial charge < -0.3 is 15.4 Å². The fraction of sp³-hybridized carbons (Fsp3) is 0.400. The van der Waals surface area contributed by atoms with E-state index in [2.05, 4.69) is 6.07 Å². The third kappa shape index (κ3) is 2.97. The van der Waals surface area contributed by atoms with Crippen LogP contribution in [0.15, 0.2) is 18.2 Å². The predicted molar refractivity (Wildman–Crippen MR) is 85.0 cm³/mol. The highest BCUT2D eigenvalue weighted by atomic mass is 35.5. The number of hydrogen-bond acceptors (Lipinski definition) is 4. The number of rotatable bonds is 5. The van der Waals surface area contributed by atoms with Crippen LogP contribution in [-0.4, -0.2) is 32.7 Å². The van der Waals surface area contributed by atoms with Gasteiger partial charge in [-0.05, 0) is 43.1 Å². The zero-order valence-electron chi connectivity index (χ0n) is 12.1. The van der Waals surface area contributed by atoms with E-state index in [4.69, 9.17) is 27.1 Å². The molecule has 0 fully saturated rings. The molecule has 2 N–H and O–H groups in total. The molecule has 0 aliphatic heterocycles. The number of nitrogens with zero attached hydrogens (tertiary/aromatic N) is 2. The first-order valence-corrected chi connectivity index (χ1v) is 6.99. The van der Waals surface area contributed by atoms with Gasteiger partial charge in [0.05, 0.1) is 17.6 Å². The summed E-state index contributed by atoms with van der Waals surface area (Å²) in [5.74, 6) is 1.63. The van der Waals surface area contributed by atoms with Crippen molar-refractivity contribution in [1.29, 1.82) is 0 Å². The van der Waals surface area contributed by atoms with Gasteiger partial charge in [-0.1, -0.05) is 11.6 Å². The number of pyridine rings is 1. The average molecular weight is 294 g/mol. The van der Waals surface area contributed by atoms with Crippen LogP contribution in [0.25, 0.3) is 10.9 Å². The van der Waals surface area contributed by atoms with Gasteiger partial charge in [-0.25, -0.2) is 4.98 Å². The molecule has 1 aromatic carbocycles. The van der Waals surface area contributed by atoms with Crippen molar-refractivity contribution in [3.8, 4) is 5.75 Å². The van der Waals surface area contributed by atoms with Gasteiger partial charge in [-0.2, -0.15) is 0 Å². The van der Waals surface area contributed by atoms with E-state index in [1.165, 1.54) is 5.56 Å². The maximum absolute atomic E-state index is 6.16. The van der Waals surface area contributed by atoms with E-state index in [1.54, 1.807) is 7.11 Å². The largest absolute Gasteiger partial charge is 0.495 e. The molecule has 0 unspecified atom stereocenters. The Bertz CT molecular complexity index is 614. The number of ether oxygens (including phenoxy) is 1. The van der Waals surface area contributed by atoms with Crippen LogP contribution in [0.3, 0.4) is 0 Å². The molecule has 2 rings (SSSR count). The van der Waals surface area contributed by atoms with E-state index in [-0.39, 0.29) is 0 Å². The second-order valence-corrected chi connectivity index (χ2v) is 5.34. The van der Waals surface area contributed by atoms with E-state index in [1.807, 2.05) is 31.1 Å². The molecule has 5 heteroatoms. The number of anilines is 1. The Balaban J connectivity index is 2.58. The monoisotopic (exact) mass is 293 g/mol. The van der Waals surface area contributed by atoms with Gasteiger partial charge in [-0.15, -0.1) is 0 Å². The van der Waals surface area contributed by atoms with E-state index in [0.717, 1.165) is 29.6 Å². The molecule has 1 aromatic heterocycles. The fourth-order valence-corrected chi connectivity index (χ4v) is 2.46. The maximum Gasteiger partial charge on any atom is 0.138 e. The van der Waals surface area contributed by atoms with Crippen LogP contribution >= 0.6 is 11.6 Å². The van der Waals surface area contributed by atoms with E-state index < -0.39 is 0 Å². The van der Waals surface area contributed by atoms with Crippen LogP contribution in [0.2, 0.25) is 5.02 Å². The van der Waals surface area contributed by atoms with Crippen molar-refractivity contribution in [2.45, 2.75) is 12.8 Å². The van der Waals surface area contributed by atoms with Crippen molar-refractivity contribution < 1.29 is 4.74 Å². The summed E-state index contributed by atoms with van der Waals surface area (Å²) in [5, 5.41) is 1.61. The lowest BCUT2D eigenvalue weighted by Crippen LogP contribution is -2.14. The summed E-state index contributed by atoms with van der Waals surface area (Å²) in [5.41, 5.74) is 7.67. The Morgan fingerprint density at radius 2 is 2.05 bits per heavy atom. The number of benzene rings is 1. The van der Waals surface area contributed by atoms with Crippen LogP contribution in [0.1, 0.15) is 12.0 Å². The van der Waals surface area contributed by atoms with Gasteiger partial charge in [0.1, 0.15) is 11.6 Å². The highest BCUT2D eigenvalue weighted by molar-refractivity contribution is 6.32. The normalized spacial score (nSPS) is 10.8. The molecule has 0 saturated carbocycles. The Hall–Kier alpha value is -1.52. The number of halogens is 1. The van der Waals surface area contributed by atoms with Crippen molar-refractivity contribution in [1.82, 2.24) is 4.98 Å². The van der Waals surface area contributed by atoms with Gasteiger partial charge in [0, 0.05) is 19.5 Å². The maximum atomic E-state index is 6.16. The number of nitrogens with two attached hydrogens (primary N) is 1. The fourth-order valence-electron chi connectivity index (χ4n) is 2.23. The summed E-state index contributed by atoms with van der Waals surface area (Å²) < 4.78 is 5.26. The molecule has 0 radical (unpaired) electrons. The Morgan fingerprint density at radius 3 is 2.65 bits per heavy atom. The first-order chi connectivity index (χ1) is 9.56. The smallest absolute Gasteiger partial charge is 0.138 e. The third-order valence-corrected chi connectivity index (χ3v) is 3.51. The van der Waals surface area contributed by atoms with Gasteiger partial charge in [0.15, 0.2) is 0 Å². The average Bonchev–Trinajstić information content (AvgIpc) is 2.43. The first kappa shape index (κ1) is 14.9. The second kappa shape index (κ2) is 6.29. The van der Waals surface area contributed by atoms with Gasteiger partial charge in [0.25, 0.3) is 0 Å². The Labute approximate surface area is 124 Å². The molecular weight excluding hydrogens is 274 g/mol. The minimum absolute atomic E-state index is 0.576. The molecular formula is C15H20ClN3O. The summed E-state index contributed by atoms with van der Waals surface area (Å²) in [7, 11) is 5.60. The molecule has 2 aromatic rings. The molecule has 0 saturated heterocycles. The zero-order chi connectivity index (χ0) is 14.7. The highest BCUT2D eigenvalue weighted by Gasteiger charge is 2.11. The molecule has 4 nitrogen and oxygen atoms in total. The lowest BCUT2D eigenvalue weighted by atomic mass is 10.1. The summed E-state index contributed by atoms with van der Waals surface area (Å²) in [6.45, 7) is 0.675. The van der Waals surface area contributed by atoms with Gasteiger partial charge in [0.2, 0.25) is 0 Å².